The number of carbonyl (C=O) groups excluding carboxylic acids is 3. The minimum atomic E-state index is -4.93. The largest absolute Gasteiger partial charge is 0.471 e. The number of nitrogens with two attached hydrogens (primary N) is 2. The number of aromatic amines is 1. The fourth-order valence-electron chi connectivity index (χ4n) is 4.19. The Balaban J connectivity index is 1.59. The second kappa shape index (κ2) is 13.0. The van der Waals surface area contributed by atoms with Crippen LogP contribution in [-0.2, 0) is 22.2 Å². The molecule has 1 aliphatic rings. The predicted molar refractivity (Wildman–Crippen MR) is 126 cm³/mol. The summed E-state index contributed by atoms with van der Waals surface area (Å²) in [6, 6.07) is -1.28. The molecule has 1 aliphatic heterocycles. The van der Waals surface area contributed by atoms with Crippen LogP contribution in [0.25, 0.3) is 0 Å². The number of aryl methyl sites for hydroxylation is 1. The number of hydrogen-bond donors (Lipinski definition) is 4. The highest BCUT2D eigenvalue weighted by atomic mass is 19.4. The number of alkyl halides is 3. The van der Waals surface area contributed by atoms with Gasteiger partial charge in [0.25, 0.3) is 0 Å². The van der Waals surface area contributed by atoms with Crippen molar-refractivity contribution < 1.29 is 32.1 Å². The van der Waals surface area contributed by atoms with Crippen molar-refractivity contribution in [1.82, 2.24) is 30.3 Å². The number of nitrogens with zero attached hydrogens (tertiary/aromatic N) is 5. The molecule has 0 spiro atoms. The number of amides is 2. The van der Waals surface area contributed by atoms with Crippen molar-refractivity contribution in [3.63, 3.8) is 0 Å². The summed E-state index contributed by atoms with van der Waals surface area (Å²) >= 11 is 0. The van der Waals surface area contributed by atoms with E-state index in [1.54, 1.807) is 12.5 Å². The molecule has 16 heteroatoms. The second-order valence-electron chi connectivity index (χ2n) is 8.92. The standard InChI is InChI=1S/C22H30F3N9O4/c23-22(24,25)20-32-18(33-38-20)17(36)15(7-2-8-29-21(26)27)31-16(35)11-34-9-3-5-13(19(34)37)4-1-6-14-10-28-12-30-14/h10,12-13,15H,1-9,11H2,(H,28,30)(H,31,35)(H4,26,27,29)/t13?,15-/m0/s1. The SMILES string of the molecule is NC(N)=NCCC[C@H](NC(=O)CN1CCCC(CCCc2cnc[nH]2)C1=O)C(=O)c1noc(C(F)(F)F)n1. The zero-order valence-electron chi connectivity index (χ0n) is 20.5. The third kappa shape index (κ3) is 8.27. The third-order valence-electron chi connectivity index (χ3n) is 6.02. The second-order valence-corrected chi connectivity index (χ2v) is 8.92. The number of nitrogens with one attached hydrogen (secondary N) is 2. The van der Waals surface area contributed by atoms with E-state index in [1.807, 2.05) is 0 Å². The van der Waals surface area contributed by atoms with Gasteiger partial charge in [0.05, 0.1) is 18.9 Å². The van der Waals surface area contributed by atoms with E-state index in [0.717, 1.165) is 25.0 Å². The Hall–Kier alpha value is -3.98. The quantitative estimate of drug-likeness (QED) is 0.123. The molecule has 2 atom stereocenters. The van der Waals surface area contributed by atoms with Crippen molar-refractivity contribution in [1.29, 1.82) is 0 Å². The van der Waals surface area contributed by atoms with Gasteiger partial charge in [0, 0.05) is 30.9 Å². The monoisotopic (exact) mass is 541 g/mol. The van der Waals surface area contributed by atoms with Crippen LogP contribution in [0.15, 0.2) is 22.0 Å². The Labute approximate surface area is 215 Å². The van der Waals surface area contributed by atoms with E-state index in [4.69, 9.17) is 11.5 Å². The Morgan fingerprint density at radius 1 is 1.32 bits per heavy atom. The molecule has 2 aromatic heterocycles. The lowest BCUT2D eigenvalue weighted by Gasteiger charge is -2.32. The molecule has 1 saturated heterocycles. The van der Waals surface area contributed by atoms with Gasteiger partial charge < -0.3 is 31.2 Å². The van der Waals surface area contributed by atoms with Crippen LogP contribution in [0.5, 0.6) is 0 Å². The number of guanidine groups is 1. The summed E-state index contributed by atoms with van der Waals surface area (Å²) in [7, 11) is 0. The summed E-state index contributed by atoms with van der Waals surface area (Å²) in [4.78, 5) is 53.9. The van der Waals surface area contributed by atoms with Crippen LogP contribution in [0.2, 0.25) is 0 Å². The zero-order chi connectivity index (χ0) is 27.7. The normalized spacial score (nSPS) is 16.8. The molecule has 0 saturated carbocycles. The molecule has 13 nitrogen and oxygen atoms in total. The summed E-state index contributed by atoms with van der Waals surface area (Å²) in [5.41, 5.74) is 11.5. The van der Waals surface area contributed by atoms with Crippen molar-refractivity contribution >= 4 is 23.6 Å². The zero-order valence-corrected chi connectivity index (χ0v) is 20.5. The summed E-state index contributed by atoms with van der Waals surface area (Å²) in [5, 5.41) is 5.60. The number of rotatable bonds is 13. The molecular weight excluding hydrogens is 511 g/mol. The molecule has 6 N–H and O–H groups in total. The number of likely N-dealkylation sites (tertiary alicyclic amines) is 1. The van der Waals surface area contributed by atoms with Gasteiger partial charge in [0.1, 0.15) is 0 Å². The van der Waals surface area contributed by atoms with E-state index in [1.165, 1.54) is 4.90 Å². The van der Waals surface area contributed by atoms with E-state index in [-0.39, 0.29) is 43.7 Å². The molecule has 0 radical (unpaired) electrons. The van der Waals surface area contributed by atoms with Crippen molar-refractivity contribution in [3.05, 3.63) is 29.9 Å². The highest BCUT2D eigenvalue weighted by Gasteiger charge is 2.40. The van der Waals surface area contributed by atoms with Gasteiger partial charge >= 0.3 is 12.1 Å². The van der Waals surface area contributed by atoms with Gasteiger partial charge in [-0.05, 0) is 44.9 Å². The van der Waals surface area contributed by atoms with Crippen molar-refractivity contribution in [2.24, 2.45) is 22.4 Å². The van der Waals surface area contributed by atoms with Gasteiger partial charge in [-0.3, -0.25) is 19.4 Å². The highest BCUT2D eigenvalue weighted by Crippen LogP contribution is 2.27. The first-order valence-electron chi connectivity index (χ1n) is 12.1. The van der Waals surface area contributed by atoms with Crippen molar-refractivity contribution in [2.75, 3.05) is 19.6 Å². The molecule has 1 unspecified atom stereocenters. The van der Waals surface area contributed by atoms with Crippen LogP contribution in [-0.4, -0.2) is 74.2 Å². The van der Waals surface area contributed by atoms with Gasteiger partial charge in [0.15, 0.2) is 5.96 Å². The first-order valence-corrected chi connectivity index (χ1v) is 12.1. The lowest BCUT2D eigenvalue weighted by atomic mass is 9.91. The smallest absolute Gasteiger partial charge is 0.370 e. The van der Waals surface area contributed by atoms with Crippen molar-refractivity contribution in [2.45, 2.75) is 57.2 Å². The fraction of sp³-hybridized carbons (Fsp3) is 0.591. The molecule has 2 amide bonds. The Bertz CT molecular complexity index is 1110. The molecule has 0 bridgehead atoms. The first-order chi connectivity index (χ1) is 18.0. The van der Waals surface area contributed by atoms with Gasteiger partial charge in [0.2, 0.25) is 23.4 Å². The number of halogens is 3. The van der Waals surface area contributed by atoms with Crippen LogP contribution in [0.1, 0.15) is 60.7 Å². The summed E-state index contributed by atoms with van der Waals surface area (Å²) in [5.74, 6) is -4.66. The number of hydrogen-bond acceptors (Lipinski definition) is 8. The van der Waals surface area contributed by atoms with E-state index < -0.39 is 35.6 Å². The number of aliphatic imine (C=N–C) groups is 1. The number of Topliss-reactive ketones (excluding diaryl/α,β-unsaturated/α-hetero) is 1. The number of H-pyrrole nitrogens is 1. The molecule has 0 aromatic carbocycles. The van der Waals surface area contributed by atoms with E-state index in [2.05, 4.69) is 34.9 Å². The van der Waals surface area contributed by atoms with Crippen LogP contribution >= 0.6 is 0 Å². The van der Waals surface area contributed by atoms with Gasteiger partial charge in [-0.1, -0.05) is 5.16 Å². The van der Waals surface area contributed by atoms with E-state index >= 15 is 0 Å². The maximum Gasteiger partial charge on any atom is 0.471 e. The first kappa shape index (κ1) is 28.6. The predicted octanol–water partition coefficient (Wildman–Crippen LogP) is 0.794. The maximum absolute atomic E-state index is 12.9. The number of imidazole rings is 1. The van der Waals surface area contributed by atoms with Crippen LogP contribution in [0.3, 0.4) is 0 Å². The van der Waals surface area contributed by atoms with Crippen LogP contribution in [0.4, 0.5) is 13.2 Å². The molecule has 2 aromatic rings. The molecule has 3 rings (SSSR count). The topological polar surface area (TPSA) is 198 Å². The van der Waals surface area contributed by atoms with Crippen LogP contribution in [0, 0.1) is 5.92 Å². The number of ketones is 1. The van der Waals surface area contributed by atoms with Gasteiger partial charge in [-0.2, -0.15) is 18.2 Å². The summed E-state index contributed by atoms with van der Waals surface area (Å²) in [6.07, 6.45) is 2.21. The van der Waals surface area contributed by atoms with Crippen LogP contribution < -0.4 is 16.8 Å². The molecule has 1 fully saturated rings. The number of carbonyl (C=O) groups is 3. The average Bonchev–Trinajstić information content (AvgIpc) is 3.55. The third-order valence-corrected chi connectivity index (χ3v) is 6.02. The number of aromatic nitrogens is 4. The minimum absolute atomic E-state index is 0.0125. The lowest BCUT2D eigenvalue weighted by molar-refractivity contribution is -0.159. The van der Waals surface area contributed by atoms with E-state index in [9.17, 15) is 27.6 Å². The van der Waals surface area contributed by atoms with Crippen molar-refractivity contribution in [3.8, 4) is 0 Å². The summed E-state index contributed by atoms with van der Waals surface area (Å²) < 4.78 is 42.6. The minimum Gasteiger partial charge on any atom is -0.370 e. The Morgan fingerprint density at radius 3 is 2.76 bits per heavy atom. The maximum atomic E-state index is 12.9. The average molecular weight is 542 g/mol. The van der Waals surface area contributed by atoms with E-state index in [0.29, 0.717) is 19.4 Å². The lowest BCUT2D eigenvalue weighted by Crippen LogP contribution is -2.50. The Kier molecular flexibility index (Phi) is 9.78. The molecule has 0 aliphatic carbocycles. The molecule has 3 heterocycles. The summed E-state index contributed by atoms with van der Waals surface area (Å²) in [6.45, 7) is 0.201. The Morgan fingerprint density at radius 2 is 2.11 bits per heavy atom. The fourth-order valence-corrected chi connectivity index (χ4v) is 4.19. The molecular formula is C22H30F3N9O4. The highest BCUT2D eigenvalue weighted by molar-refractivity contribution is 5.99. The number of piperidine rings is 1. The van der Waals surface area contributed by atoms with Gasteiger partial charge in [-0.25, -0.2) is 4.98 Å². The molecule has 208 valence electrons. The molecule has 38 heavy (non-hydrogen) atoms. The van der Waals surface area contributed by atoms with Gasteiger partial charge in [-0.15, -0.1) is 0 Å².